The highest BCUT2D eigenvalue weighted by Crippen LogP contribution is 2.36. The van der Waals surface area contributed by atoms with Crippen LogP contribution in [0.15, 0.2) is 0 Å². The van der Waals surface area contributed by atoms with Gasteiger partial charge in [-0.1, -0.05) is 13.8 Å². The summed E-state index contributed by atoms with van der Waals surface area (Å²) in [5, 5.41) is 0. The summed E-state index contributed by atoms with van der Waals surface area (Å²) in [4.78, 5) is 2.39. The Kier molecular flexibility index (Phi) is 2.79. The van der Waals surface area contributed by atoms with Gasteiger partial charge in [-0.2, -0.15) is 0 Å². The summed E-state index contributed by atoms with van der Waals surface area (Å²) in [6.45, 7) is 7.92. The lowest BCUT2D eigenvalue weighted by atomic mass is 9.77. The standard InChI is InChI=1S/C10H21NO/c1-8(2)6-10(3)9(12-5)7-11(10)4/h8-9H,6-7H2,1-5H3. The van der Waals surface area contributed by atoms with Crippen molar-refractivity contribution in [1.82, 2.24) is 4.90 Å². The summed E-state index contributed by atoms with van der Waals surface area (Å²) in [6.07, 6.45) is 1.66. The molecule has 2 unspecified atom stereocenters. The summed E-state index contributed by atoms with van der Waals surface area (Å²) in [7, 11) is 3.99. The zero-order chi connectivity index (χ0) is 9.35. The molecule has 1 fully saturated rings. The zero-order valence-electron chi connectivity index (χ0n) is 8.92. The Morgan fingerprint density at radius 3 is 2.50 bits per heavy atom. The number of hydrogen-bond donors (Lipinski definition) is 0. The average Bonchev–Trinajstić information content (AvgIpc) is 1.98. The van der Waals surface area contributed by atoms with Crippen LogP contribution < -0.4 is 0 Å². The first kappa shape index (κ1) is 10.0. The summed E-state index contributed by atoms with van der Waals surface area (Å²) < 4.78 is 5.43. The van der Waals surface area contributed by atoms with Crippen LogP contribution in [0.5, 0.6) is 0 Å². The van der Waals surface area contributed by atoms with E-state index >= 15 is 0 Å². The van der Waals surface area contributed by atoms with Crippen LogP contribution in [0.25, 0.3) is 0 Å². The van der Waals surface area contributed by atoms with E-state index in [2.05, 4.69) is 32.7 Å². The van der Waals surface area contributed by atoms with Gasteiger partial charge in [0.2, 0.25) is 0 Å². The molecule has 1 aliphatic heterocycles. The third kappa shape index (κ3) is 1.50. The highest BCUT2D eigenvalue weighted by molar-refractivity contribution is 5.03. The van der Waals surface area contributed by atoms with Gasteiger partial charge >= 0.3 is 0 Å². The fourth-order valence-corrected chi connectivity index (χ4v) is 2.23. The maximum Gasteiger partial charge on any atom is 0.0878 e. The molecule has 0 aromatic carbocycles. The van der Waals surface area contributed by atoms with Crippen LogP contribution in [0.1, 0.15) is 27.2 Å². The highest BCUT2D eigenvalue weighted by Gasteiger charge is 2.47. The molecule has 0 N–H and O–H groups in total. The molecule has 72 valence electrons. The van der Waals surface area contributed by atoms with Gasteiger partial charge in [0.15, 0.2) is 0 Å². The second-order valence-electron chi connectivity index (χ2n) is 4.56. The Bertz CT molecular complexity index is 158. The lowest BCUT2D eigenvalue weighted by Crippen LogP contribution is -2.68. The molecule has 1 heterocycles. The quantitative estimate of drug-likeness (QED) is 0.641. The number of rotatable bonds is 3. The lowest BCUT2D eigenvalue weighted by Gasteiger charge is -2.55. The predicted octanol–water partition coefficient (Wildman–Crippen LogP) is 1.75. The zero-order valence-corrected chi connectivity index (χ0v) is 8.92. The molecule has 12 heavy (non-hydrogen) atoms. The lowest BCUT2D eigenvalue weighted by molar-refractivity contribution is -0.139. The van der Waals surface area contributed by atoms with E-state index in [9.17, 15) is 0 Å². The second kappa shape index (κ2) is 3.35. The van der Waals surface area contributed by atoms with Crippen molar-refractivity contribution < 1.29 is 4.74 Å². The van der Waals surface area contributed by atoms with Gasteiger partial charge in [-0.05, 0) is 26.3 Å². The summed E-state index contributed by atoms with van der Waals surface area (Å²) in [5.41, 5.74) is 0.281. The van der Waals surface area contributed by atoms with E-state index in [4.69, 9.17) is 4.74 Å². The Morgan fingerprint density at radius 2 is 2.17 bits per heavy atom. The average molecular weight is 171 g/mol. The molecule has 0 saturated carbocycles. The van der Waals surface area contributed by atoms with E-state index in [1.807, 2.05) is 7.11 Å². The molecule has 0 aliphatic carbocycles. The van der Waals surface area contributed by atoms with Crippen molar-refractivity contribution in [2.75, 3.05) is 20.7 Å². The maximum absolute atomic E-state index is 5.43. The van der Waals surface area contributed by atoms with Crippen LogP contribution in [0.4, 0.5) is 0 Å². The van der Waals surface area contributed by atoms with Gasteiger partial charge in [-0.25, -0.2) is 0 Å². The van der Waals surface area contributed by atoms with Crippen molar-refractivity contribution in [2.24, 2.45) is 5.92 Å². The van der Waals surface area contributed by atoms with Crippen LogP contribution in [0.3, 0.4) is 0 Å². The van der Waals surface area contributed by atoms with Crippen molar-refractivity contribution >= 4 is 0 Å². The molecular formula is C10H21NO. The van der Waals surface area contributed by atoms with Gasteiger partial charge in [0.25, 0.3) is 0 Å². The molecule has 2 heteroatoms. The van der Waals surface area contributed by atoms with Crippen molar-refractivity contribution in [3.8, 4) is 0 Å². The summed E-state index contributed by atoms with van der Waals surface area (Å²) in [6, 6.07) is 0. The van der Waals surface area contributed by atoms with E-state index in [0.717, 1.165) is 12.5 Å². The smallest absolute Gasteiger partial charge is 0.0878 e. The van der Waals surface area contributed by atoms with E-state index in [-0.39, 0.29) is 5.54 Å². The highest BCUT2D eigenvalue weighted by atomic mass is 16.5. The Balaban J connectivity index is 2.54. The normalized spacial score (nSPS) is 37.0. The van der Waals surface area contributed by atoms with Crippen LogP contribution in [-0.2, 0) is 4.74 Å². The van der Waals surface area contributed by atoms with Gasteiger partial charge in [-0.15, -0.1) is 0 Å². The molecule has 2 nitrogen and oxygen atoms in total. The second-order valence-corrected chi connectivity index (χ2v) is 4.56. The molecule has 0 amide bonds. The molecule has 0 radical (unpaired) electrons. The van der Waals surface area contributed by atoms with Gasteiger partial charge in [0.05, 0.1) is 6.10 Å². The summed E-state index contributed by atoms with van der Waals surface area (Å²) in [5.74, 6) is 0.746. The van der Waals surface area contributed by atoms with Gasteiger partial charge in [-0.3, -0.25) is 4.90 Å². The minimum absolute atomic E-state index is 0.281. The van der Waals surface area contributed by atoms with E-state index in [1.54, 1.807) is 0 Å². The van der Waals surface area contributed by atoms with E-state index in [1.165, 1.54) is 6.42 Å². The minimum Gasteiger partial charge on any atom is -0.378 e. The van der Waals surface area contributed by atoms with Crippen LogP contribution in [-0.4, -0.2) is 37.2 Å². The van der Waals surface area contributed by atoms with Gasteiger partial charge in [0, 0.05) is 19.2 Å². The fraction of sp³-hybridized carbons (Fsp3) is 1.00. The van der Waals surface area contributed by atoms with Crippen LogP contribution in [0.2, 0.25) is 0 Å². The van der Waals surface area contributed by atoms with E-state index < -0.39 is 0 Å². The molecule has 1 aliphatic rings. The third-order valence-corrected chi connectivity index (χ3v) is 3.11. The van der Waals surface area contributed by atoms with Crippen LogP contribution in [0, 0.1) is 5.92 Å². The molecular weight excluding hydrogens is 150 g/mol. The number of nitrogens with zero attached hydrogens (tertiary/aromatic N) is 1. The third-order valence-electron chi connectivity index (χ3n) is 3.11. The first-order chi connectivity index (χ1) is 5.50. The number of likely N-dealkylation sites (N-methyl/N-ethyl adjacent to an activating group) is 1. The first-order valence-corrected chi connectivity index (χ1v) is 4.74. The first-order valence-electron chi connectivity index (χ1n) is 4.74. The SMILES string of the molecule is COC1CN(C)C1(C)CC(C)C. The van der Waals surface area contributed by atoms with Gasteiger partial charge < -0.3 is 4.74 Å². The number of likely N-dealkylation sites (tertiary alicyclic amines) is 1. The molecule has 1 saturated heterocycles. The van der Waals surface area contributed by atoms with Crippen molar-refractivity contribution in [2.45, 2.75) is 38.8 Å². The molecule has 0 spiro atoms. The minimum atomic E-state index is 0.281. The molecule has 0 aromatic rings. The number of hydrogen-bond acceptors (Lipinski definition) is 2. The number of ether oxygens (including phenoxy) is 1. The topological polar surface area (TPSA) is 12.5 Å². The Hall–Kier alpha value is -0.0800. The Labute approximate surface area is 75.9 Å². The molecule has 1 rings (SSSR count). The van der Waals surface area contributed by atoms with Crippen molar-refractivity contribution in [1.29, 1.82) is 0 Å². The van der Waals surface area contributed by atoms with Crippen molar-refractivity contribution in [3.05, 3.63) is 0 Å². The predicted molar refractivity (Wildman–Crippen MR) is 51.3 cm³/mol. The van der Waals surface area contributed by atoms with E-state index in [0.29, 0.717) is 6.10 Å². The molecule has 2 atom stereocenters. The maximum atomic E-state index is 5.43. The fourth-order valence-electron chi connectivity index (χ4n) is 2.23. The monoisotopic (exact) mass is 171 g/mol. The van der Waals surface area contributed by atoms with Crippen LogP contribution >= 0.6 is 0 Å². The van der Waals surface area contributed by atoms with Crippen molar-refractivity contribution in [3.63, 3.8) is 0 Å². The Morgan fingerprint density at radius 1 is 1.58 bits per heavy atom. The number of methoxy groups -OCH3 is 1. The largest absolute Gasteiger partial charge is 0.378 e. The molecule has 0 bridgehead atoms. The molecule has 0 aromatic heterocycles. The summed E-state index contributed by atoms with van der Waals surface area (Å²) >= 11 is 0. The van der Waals surface area contributed by atoms with Gasteiger partial charge in [0.1, 0.15) is 0 Å².